The Kier molecular flexibility index (Phi) is 3.33. The number of fused-ring (bicyclic) bond motifs is 1. The minimum Gasteiger partial charge on any atom is -0.496 e. The van der Waals surface area contributed by atoms with E-state index in [4.69, 9.17) is 14.2 Å². The zero-order valence-electron chi connectivity index (χ0n) is 11.3. The van der Waals surface area contributed by atoms with Gasteiger partial charge in [-0.05, 0) is 11.6 Å². The topological polar surface area (TPSA) is 27.7 Å². The molecule has 0 amide bonds. The first-order valence-corrected chi connectivity index (χ1v) is 6.48. The Bertz CT molecular complexity index is 620. The van der Waals surface area contributed by atoms with Crippen LogP contribution < -0.4 is 14.2 Å². The summed E-state index contributed by atoms with van der Waals surface area (Å²) in [6.07, 6.45) is 1.91. The smallest absolute Gasteiger partial charge is 0.231 e. The van der Waals surface area contributed by atoms with Gasteiger partial charge in [0.15, 0.2) is 11.5 Å². The molecule has 3 rings (SSSR count). The van der Waals surface area contributed by atoms with Crippen molar-refractivity contribution < 1.29 is 14.2 Å². The monoisotopic (exact) mass is 268 g/mol. The lowest BCUT2D eigenvalue weighted by atomic mass is 9.90. The minimum absolute atomic E-state index is 0.0562. The highest BCUT2D eigenvalue weighted by Crippen LogP contribution is 2.42. The van der Waals surface area contributed by atoms with Gasteiger partial charge in [-0.1, -0.05) is 36.4 Å². The number of hydrogen-bond donors (Lipinski definition) is 0. The molecule has 0 saturated heterocycles. The molecular weight excluding hydrogens is 252 g/mol. The fourth-order valence-electron chi connectivity index (χ4n) is 2.46. The maximum Gasteiger partial charge on any atom is 0.231 e. The van der Waals surface area contributed by atoms with E-state index in [2.05, 4.69) is 18.7 Å². The molecule has 1 heterocycles. The van der Waals surface area contributed by atoms with E-state index in [0.717, 1.165) is 22.8 Å². The Morgan fingerprint density at radius 3 is 2.50 bits per heavy atom. The average molecular weight is 268 g/mol. The maximum atomic E-state index is 5.49. The molecule has 1 aliphatic heterocycles. The molecule has 0 fully saturated rings. The predicted octanol–water partition coefficient (Wildman–Crippen LogP) is 3.74. The van der Waals surface area contributed by atoms with Gasteiger partial charge in [-0.2, -0.15) is 0 Å². The molecule has 0 saturated carbocycles. The first kappa shape index (κ1) is 12.6. The molecule has 0 bridgehead atoms. The van der Waals surface area contributed by atoms with E-state index in [1.165, 1.54) is 5.56 Å². The molecule has 2 aromatic carbocycles. The van der Waals surface area contributed by atoms with Crippen LogP contribution in [0.4, 0.5) is 0 Å². The third kappa shape index (κ3) is 2.11. The molecule has 2 aromatic rings. The quantitative estimate of drug-likeness (QED) is 0.790. The second kappa shape index (κ2) is 5.29. The van der Waals surface area contributed by atoms with E-state index in [1.54, 1.807) is 7.11 Å². The van der Waals surface area contributed by atoms with Crippen LogP contribution in [-0.2, 0) is 0 Å². The van der Waals surface area contributed by atoms with Gasteiger partial charge in [0.1, 0.15) is 5.75 Å². The standard InChI is InChI=1S/C17H16O3/c1-3-13(12-7-5-4-6-8-12)14-9-16-17(20-11-19-16)10-15(14)18-2/h3-10,13H,1,11H2,2H3/t13-/m1/s1. The summed E-state index contributed by atoms with van der Waals surface area (Å²) in [7, 11) is 1.66. The van der Waals surface area contributed by atoms with Gasteiger partial charge in [0.25, 0.3) is 0 Å². The summed E-state index contributed by atoms with van der Waals surface area (Å²) in [4.78, 5) is 0. The lowest BCUT2D eigenvalue weighted by molar-refractivity contribution is 0.174. The van der Waals surface area contributed by atoms with E-state index in [1.807, 2.05) is 36.4 Å². The van der Waals surface area contributed by atoms with Crippen molar-refractivity contribution in [2.75, 3.05) is 13.9 Å². The second-order valence-electron chi connectivity index (χ2n) is 4.57. The first-order valence-electron chi connectivity index (χ1n) is 6.48. The van der Waals surface area contributed by atoms with Crippen LogP contribution in [0.3, 0.4) is 0 Å². The van der Waals surface area contributed by atoms with Crippen LogP contribution in [0, 0.1) is 0 Å². The van der Waals surface area contributed by atoms with Crippen molar-refractivity contribution in [1.82, 2.24) is 0 Å². The average Bonchev–Trinajstić information content (AvgIpc) is 2.95. The van der Waals surface area contributed by atoms with Gasteiger partial charge in [0.05, 0.1) is 7.11 Å². The van der Waals surface area contributed by atoms with Crippen LogP contribution in [0.2, 0.25) is 0 Å². The molecule has 0 aromatic heterocycles. The van der Waals surface area contributed by atoms with Gasteiger partial charge in [0.2, 0.25) is 6.79 Å². The van der Waals surface area contributed by atoms with Gasteiger partial charge in [-0.15, -0.1) is 6.58 Å². The molecule has 0 N–H and O–H groups in total. The number of hydrogen-bond acceptors (Lipinski definition) is 3. The number of rotatable bonds is 4. The molecular formula is C17H16O3. The van der Waals surface area contributed by atoms with E-state index in [9.17, 15) is 0 Å². The Morgan fingerprint density at radius 2 is 1.85 bits per heavy atom. The van der Waals surface area contributed by atoms with Gasteiger partial charge >= 0.3 is 0 Å². The molecule has 1 atom stereocenters. The molecule has 0 unspecified atom stereocenters. The van der Waals surface area contributed by atoms with Crippen molar-refractivity contribution in [3.8, 4) is 17.2 Å². The lowest BCUT2D eigenvalue weighted by Crippen LogP contribution is -2.00. The molecule has 0 radical (unpaired) electrons. The molecule has 3 nitrogen and oxygen atoms in total. The Labute approximate surface area is 118 Å². The van der Waals surface area contributed by atoms with Gasteiger partial charge < -0.3 is 14.2 Å². The maximum absolute atomic E-state index is 5.49. The van der Waals surface area contributed by atoms with Gasteiger partial charge in [-0.3, -0.25) is 0 Å². The normalized spacial score (nSPS) is 13.8. The van der Waals surface area contributed by atoms with Crippen molar-refractivity contribution in [2.24, 2.45) is 0 Å². The summed E-state index contributed by atoms with van der Waals surface area (Å²) in [5.74, 6) is 2.31. The van der Waals surface area contributed by atoms with Crippen LogP contribution >= 0.6 is 0 Å². The van der Waals surface area contributed by atoms with Crippen LogP contribution in [0.1, 0.15) is 17.0 Å². The summed E-state index contributed by atoms with van der Waals surface area (Å²) in [6.45, 7) is 4.21. The second-order valence-corrected chi connectivity index (χ2v) is 4.57. The minimum atomic E-state index is 0.0562. The number of benzene rings is 2. The highest BCUT2D eigenvalue weighted by molar-refractivity contribution is 5.55. The third-order valence-electron chi connectivity index (χ3n) is 3.45. The molecule has 102 valence electrons. The number of methoxy groups -OCH3 is 1. The summed E-state index contributed by atoms with van der Waals surface area (Å²) in [6, 6.07) is 14.0. The molecule has 0 aliphatic carbocycles. The van der Waals surface area contributed by atoms with E-state index < -0.39 is 0 Å². The van der Waals surface area contributed by atoms with Gasteiger partial charge in [-0.25, -0.2) is 0 Å². The molecule has 0 spiro atoms. The van der Waals surface area contributed by atoms with Gasteiger partial charge in [0, 0.05) is 17.5 Å². The Morgan fingerprint density at radius 1 is 1.15 bits per heavy atom. The summed E-state index contributed by atoms with van der Waals surface area (Å²) < 4.78 is 16.3. The van der Waals surface area contributed by atoms with Crippen LogP contribution in [0.25, 0.3) is 0 Å². The third-order valence-corrected chi connectivity index (χ3v) is 3.45. The molecule has 3 heteroatoms. The first-order chi connectivity index (χ1) is 9.83. The van der Waals surface area contributed by atoms with E-state index in [-0.39, 0.29) is 12.7 Å². The summed E-state index contributed by atoms with van der Waals surface area (Å²) in [5, 5.41) is 0. The lowest BCUT2D eigenvalue weighted by Gasteiger charge is -2.17. The summed E-state index contributed by atoms with van der Waals surface area (Å²) in [5.41, 5.74) is 2.19. The largest absolute Gasteiger partial charge is 0.496 e. The Hall–Kier alpha value is -2.42. The van der Waals surface area contributed by atoms with Crippen molar-refractivity contribution >= 4 is 0 Å². The molecule has 1 aliphatic rings. The number of ether oxygens (including phenoxy) is 3. The fourth-order valence-corrected chi connectivity index (χ4v) is 2.46. The SMILES string of the molecule is C=C[C@H](c1ccccc1)c1cc2c(cc1OC)OCO2. The highest BCUT2D eigenvalue weighted by atomic mass is 16.7. The fraction of sp³-hybridized carbons (Fsp3) is 0.176. The Balaban J connectivity index is 2.10. The predicted molar refractivity (Wildman–Crippen MR) is 77.6 cm³/mol. The van der Waals surface area contributed by atoms with Crippen LogP contribution in [-0.4, -0.2) is 13.9 Å². The van der Waals surface area contributed by atoms with E-state index >= 15 is 0 Å². The molecule has 20 heavy (non-hydrogen) atoms. The zero-order chi connectivity index (χ0) is 13.9. The van der Waals surface area contributed by atoms with Crippen LogP contribution in [0.15, 0.2) is 55.1 Å². The van der Waals surface area contributed by atoms with Crippen LogP contribution in [0.5, 0.6) is 17.2 Å². The number of allylic oxidation sites excluding steroid dienone is 1. The van der Waals surface area contributed by atoms with Crippen molar-refractivity contribution in [2.45, 2.75) is 5.92 Å². The van der Waals surface area contributed by atoms with E-state index in [0.29, 0.717) is 0 Å². The zero-order valence-corrected chi connectivity index (χ0v) is 11.3. The van der Waals surface area contributed by atoms with Crippen molar-refractivity contribution in [1.29, 1.82) is 0 Å². The summed E-state index contributed by atoms with van der Waals surface area (Å²) >= 11 is 0. The highest BCUT2D eigenvalue weighted by Gasteiger charge is 2.22. The van der Waals surface area contributed by atoms with Crippen molar-refractivity contribution in [3.63, 3.8) is 0 Å². The van der Waals surface area contributed by atoms with Crippen molar-refractivity contribution in [3.05, 3.63) is 66.2 Å².